The molecule has 1 aromatic carbocycles. The summed E-state index contributed by atoms with van der Waals surface area (Å²) in [4.78, 5) is 10.6. The van der Waals surface area contributed by atoms with Crippen LogP contribution >= 0.6 is 0 Å². The number of hydrogen-bond donors (Lipinski definition) is 2. The Morgan fingerprint density at radius 1 is 1.56 bits per heavy atom. The number of hydrogen-bond acceptors (Lipinski definition) is 3. The monoisotopic (exact) mass is 253 g/mol. The van der Waals surface area contributed by atoms with E-state index in [1.807, 2.05) is 0 Å². The molecule has 1 aromatic rings. The van der Waals surface area contributed by atoms with Crippen LogP contribution in [0.3, 0.4) is 0 Å². The maximum atomic E-state index is 13.7. The van der Waals surface area contributed by atoms with Gasteiger partial charge in [-0.25, -0.2) is 4.39 Å². The van der Waals surface area contributed by atoms with Crippen molar-refractivity contribution in [2.24, 2.45) is 11.7 Å². The summed E-state index contributed by atoms with van der Waals surface area (Å²) < 4.78 is 19.0. The van der Waals surface area contributed by atoms with Gasteiger partial charge in [0.1, 0.15) is 6.04 Å². The molecule has 1 unspecified atom stereocenters. The zero-order chi connectivity index (χ0) is 13.1. The molecule has 0 radical (unpaired) electrons. The first-order valence-electron chi connectivity index (χ1n) is 5.96. The van der Waals surface area contributed by atoms with Crippen LogP contribution in [0.1, 0.15) is 18.4 Å². The number of ether oxygens (including phenoxy) is 1. The minimum absolute atomic E-state index is 0.106. The normalized spacial score (nSPS) is 16.3. The molecular formula is C13H16FNO3. The van der Waals surface area contributed by atoms with E-state index >= 15 is 0 Å². The fraction of sp³-hybridized carbons (Fsp3) is 0.462. The number of rotatable bonds is 6. The third-order valence-electron chi connectivity index (χ3n) is 2.94. The molecule has 3 N–H and O–H groups in total. The van der Waals surface area contributed by atoms with Gasteiger partial charge in [-0.3, -0.25) is 4.79 Å². The first kappa shape index (κ1) is 12.8. The van der Waals surface area contributed by atoms with Crippen LogP contribution in [0.4, 0.5) is 4.39 Å². The predicted molar refractivity (Wildman–Crippen MR) is 63.9 cm³/mol. The van der Waals surface area contributed by atoms with Crippen molar-refractivity contribution < 1.29 is 19.0 Å². The number of carboxylic acids is 1. The Morgan fingerprint density at radius 2 is 2.28 bits per heavy atom. The van der Waals surface area contributed by atoms with Crippen LogP contribution in [0.25, 0.3) is 0 Å². The molecule has 0 aromatic heterocycles. The van der Waals surface area contributed by atoms with Gasteiger partial charge in [0.05, 0.1) is 6.61 Å². The molecule has 2 rings (SSSR count). The molecule has 0 spiro atoms. The molecular weight excluding hydrogens is 237 g/mol. The molecule has 18 heavy (non-hydrogen) atoms. The molecule has 0 saturated heterocycles. The fourth-order valence-electron chi connectivity index (χ4n) is 1.62. The van der Waals surface area contributed by atoms with E-state index in [2.05, 4.69) is 0 Å². The standard InChI is InChI=1S/C13H16FNO3/c14-10-5-9(6-11(15)13(16)17)3-4-12(10)18-7-8-1-2-8/h3-5,8,11H,1-2,6-7,15H2,(H,16,17). The number of carboxylic acid groups (broad SMARTS) is 1. The topological polar surface area (TPSA) is 72.5 Å². The number of nitrogens with two attached hydrogens (primary N) is 1. The molecule has 4 nitrogen and oxygen atoms in total. The van der Waals surface area contributed by atoms with Crippen molar-refractivity contribution in [2.75, 3.05) is 6.61 Å². The zero-order valence-electron chi connectivity index (χ0n) is 9.93. The highest BCUT2D eigenvalue weighted by molar-refractivity contribution is 5.73. The predicted octanol–water partition coefficient (Wildman–Crippen LogP) is 1.57. The van der Waals surface area contributed by atoms with Gasteiger partial charge in [-0.1, -0.05) is 6.07 Å². The summed E-state index contributed by atoms with van der Waals surface area (Å²) in [7, 11) is 0. The van der Waals surface area contributed by atoms with Crippen LogP contribution in [-0.2, 0) is 11.2 Å². The van der Waals surface area contributed by atoms with Crippen LogP contribution in [-0.4, -0.2) is 23.7 Å². The highest BCUT2D eigenvalue weighted by atomic mass is 19.1. The van der Waals surface area contributed by atoms with Gasteiger partial charge in [-0.05, 0) is 42.9 Å². The fourth-order valence-corrected chi connectivity index (χ4v) is 1.62. The van der Waals surface area contributed by atoms with Crippen molar-refractivity contribution in [3.63, 3.8) is 0 Å². The summed E-state index contributed by atoms with van der Waals surface area (Å²) in [5, 5.41) is 8.68. The third kappa shape index (κ3) is 3.43. The minimum atomic E-state index is -1.09. The number of benzene rings is 1. The van der Waals surface area contributed by atoms with Crippen molar-refractivity contribution in [3.05, 3.63) is 29.6 Å². The average molecular weight is 253 g/mol. The van der Waals surface area contributed by atoms with Crippen LogP contribution in [0.15, 0.2) is 18.2 Å². The van der Waals surface area contributed by atoms with Gasteiger partial charge in [-0.2, -0.15) is 0 Å². The summed E-state index contributed by atoms with van der Waals surface area (Å²) in [6.45, 7) is 0.547. The Bertz CT molecular complexity index is 446. The summed E-state index contributed by atoms with van der Waals surface area (Å²) >= 11 is 0. The highest BCUT2D eigenvalue weighted by Crippen LogP contribution is 2.30. The summed E-state index contributed by atoms with van der Waals surface area (Å²) in [5.41, 5.74) is 5.95. The number of aliphatic carboxylic acids is 1. The molecule has 0 bridgehead atoms. The maximum absolute atomic E-state index is 13.7. The van der Waals surface area contributed by atoms with Gasteiger partial charge < -0.3 is 15.6 Å². The lowest BCUT2D eigenvalue weighted by atomic mass is 10.1. The first-order chi connectivity index (χ1) is 8.56. The molecule has 1 aliphatic rings. The zero-order valence-corrected chi connectivity index (χ0v) is 9.93. The lowest BCUT2D eigenvalue weighted by Gasteiger charge is -2.10. The van der Waals surface area contributed by atoms with E-state index < -0.39 is 17.8 Å². The van der Waals surface area contributed by atoms with Crippen LogP contribution in [0, 0.1) is 11.7 Å². The highest BCUT2D eigenvalue weighted by Gasteiger charge is 2.22. The summed E-state index contributed by atoms with van der Waals surface area (Å²) in [6, 6.07) is 3.45. The van der Waals surface area contributed by atoms with Gasteiger partial charge in [0.15, 0.2) is 11.6 Å². The second-order valence-corrected chi connectivity index (χ2v) is 4.67. The lowest BCUT2D eigenvalue weighted by Crippen LogP contribution is -2.32. The van der Waals surface area contributed by atoms with Crippen LogP contribution < -0.4 is 10.5 Å². The number of halogens is 1. The molecule has 1 atom stereocenters. The van der Waals surface area contributed by atoms with Gasteiger partial charge >= 0.3 is 5.97 Å². The Balaban J connectivity index is 1.97. The minimum Gasteiger partial charge on any atom is -0.490 e. The smallest absolute Gasteiger partial charge is 0.320 e. The summed E-state index contributed by atoms with van der Waals surface area (Å²) in [6.07, 6.45) is 2.40. The maximum Gasteiger partial charge on any atom is 0.320 e. The lowest BCUT2D eigenvalue weighted by molar-refractivity contribution is -0.138. The van der Waals surface area contributed by atoms with Gasteiger partial charge in [0.2, 0.25) is 0 Å². The third-order valence-corrected chi connectivity index (χ3v) is 2.94. The Labute approximate surface area is 105 Å². The number of carbonyl (C=O) groups is 1. The second-order valence-electron chi connectivity index (χ2n) is 4.67. The van der Waals surface area contributed by atoms with Gasteiger partial charge in [0.25, 0.3) is 0 Å². The van der Waals surface area contributed by atoms with Crippen LogP contribution in [0.5, 0.6) is 5.75 Å². The van der Waals surface area contributed by atoms with E-state index in [0.29, 0.717) is 18.1 Å². The Kier molecular flexibility index (Phi) is 3.81. The molecule has 1 saturated carbocycles. The van der Waals surface area contributed by atoms with E-state index in [4.69, 9.17) is 15.6 Å². The van der Waals surface area contributed by atoms with E-state index in [9.17, 15) is 9.18 Å². The molecule has 98 valence electrons. The van der Waals surface area contributed by atoms with Crippen molar-refractivity contribution in [1.29, 1.82) is 0 Å². The molecule has 0 aliphatic heterocycles. The van der Waals surface area contributed by atoms with Crippen LogP contribution in [0.2, 0.25) is 0 Å². The van der Waals surface area contributed by atoms with E-state index in [1.54, 1.807) is 6.07 Å². The summed E-state index contributed by atoms with van der Waals surface area (Å²) in [5.74, 6) is -0.783. The molecule has 1 fully saturated rings. The molecule has 1 aliphatic carbocycles. The van der Waals surface area contributed by atoms with E-state index in [0.717, 1.165) is 12.8 Å². The quantitative estimate of drug-likeness (QED) is 0.807. The second kappa shape index (κ2) is 5.35. The van der Waals surface area contributed by atoms with Crippen molar-refractivity contribution >= 4 is 5.97 Å². The molecule has 5 heteroatoms. The SMILES string of the molecule is NC(Cc1ccc(OCC2CC2)c(F)c1)C(=O)O. The Hall–Kier alpha value is -1.62. The van der Waals surface area contributed by atoms with Crippen molar-refractivity contribution in [1.82, 2.24) is 0 Å². The largest absolute Gasteiger partial charge is 0.490 e. The molecule has 0 amide bonds. The molecule has 0 heterocycles. The average Bonchev–Trinajstić information content (AvgIpc) is 3.11. The van der Waals surface area contributed by atoms with Gasteiger partial charge in [-0.15, -0.1) is 0 Å². The Morgan fingerprint density at radius 3 is 2.83 bits per heavy atom. The van der Waals surface area contributed by atoms with Crippen molar-refractivity contribution in [2.45, 2.75) is 25.3 Å². The van der Waals surface area contributed by atoms with E-state index in [1.165, 1.54) is 12.1 Å². The first-order valence-corrected chi connectivity index (χ1v) is 5.96. The van der Waals surface area contributed by atoms with Crippen molar-refractivity contribution in [3.8, 4) is 5.75 Å². The van der Waals surface area contributed by atoms with E-state index in [-0.39, 0.29) is 12.2 Å². The van der Waals surface area contributed by atoms with Gasteiger partial charge in [0, 0.05) is 0 Å².